The maximum atomic E-state index is 6.09. The van der Waals surface area contributed by atoms with Gasteiger partial charge in [-0.05, 0) is 20.0 Å². The van der Waals surface area contributed by atoms with Gasteiger partial charge in [0.1, 0.15) is 11.8 Å². The van der Waals surface area contributed by atoms with Gasteiger partial charge in [-0.3, -0.25) is 9.58 Å². The van der Waals surface area contributed by atoms with Crippen LogP contribution in [0.2, 0.25) is 0 Å². The van der Waals surface area contributed by atoms with Gasteiger partial charge in [0.05, 0.1) is 30.8 Å². The normalized spacial score (nSPS) is 21.3. The van der Waals surface area contributed by atoms with Crippen LogP contribution in [0.1, 0.15) is 18.7 Å². The Labute approximate surface area is 152 Å². The van der Waals surface area contributed by atoms with E-state index in [2.05, 4.69) is 50.3 Å². The molecule has 1 aliphatic heterocycles. The van der Waals surface area contributed by atoms with Crippen molar-refractivity contribution >= 4 is 17.0 Å². The zero-order valence-electron chi connectivity index (χ0n) is 15.3. The van der Waals surface area contributed by atoms with E-state index in [0.717, 1.165) is 35.8 Å². The topological polar surface area (TPSA) is 85.9 Å². The molecule has 9 heteroatoms. The number of rotatable bonds is 5. The van der Waals surface area contributed by atoms with Crippen molar-refractivity contribution in [2.75, 3.05) is 32.1 Å². The second-order valence-corrected chi connectivity index (χ2v) is 6.52. The van der Waals surface area contributed by atoms with Crippen LogP contribution in [0, 0.1) is 0 Å². The highest BCUT2D eigenvalue weighted by Gasteiger charge is 2.33. The van der Waals surface area contributed by atoms with Gasteiger partial charge in [-0.1, -0.05) is 0 Å². The Morgan fingerprint density at radius 2 is 2.15 bits per heavy atom. The van der Waals surface area contributed by atoms with Crippen molar-refractivity contribution in [1.29, 1.82) is 0 Å². The van der Waals surface area contributed by atoms with Gasteiger partial charge in [0, 0.05) is 32.9 Å². The molecule has 1 N–H and O–H groups in total. The average molecular weight is 356 g/mol. The molecular formula is C17H24N8O. The minimum Gasteiger partial charge on any atom is -0.373 e. The number of aryl methyl sites for hydroxylation is 2. The van der Waals surface area contributed by atoms with E-state index >= 15 is 0 Å². The molecule has 4 heterocycles. The van der Waals surface area contributed by atoms with E-state index in [-0.39, 0.29) is 12.1 Å². The summed E-state index contributed by atoms with van der Waals surface area (Å²) in [6, 6.07) is 2.18. The molecule has 0 saturated carbocycles. The van der Waals surface area contributed by atoms with Crippen molar-refractivity contribution in [1.82, 2.24) is 34.2 Å². The molecule has 26 heavy (non-hydrogen) atoms. The van der Waals surface area contributed by atoms with Crippen LogP contribution >= 0.6 is 0 Å². The number of hydrogen-bond donors (Lipinski definition) is 1. The molecule has 1 aliphatic rings. The molecule has 138 valence electrons. The first-order valence-corrected chi connectivity index (χ1v) is 8.88. The lowest BCUT2D eigenvalue weighted by atomic mass is 10.0. The number of anilines is 1. The van der Waals surface area contributed by atoms with E-state index < -0.39 is 0 Å². The Hall–Kier alpha value is -2.52. The summed E-state index contributed by atoms with van der Waals surface area (Å²) in [5.74, 6) is 0.739. The zero-order chi connectivity index (χ0) is 18.1. The van der Waals surface area contributed by atoms with Crippen molar-refractivity contribution in [3.63, 3.8) is 0 Å². The molecule has 3 aromatic rings. The zero-order valence-corrected chi connectivity index (χ0v) is 15.3. The Morgan fingerprint density at radius 1 is 1.27 bits per heavy atom. The summed E-state index contributed by atoms with van der Waals surface area (Å²) in [4.78, 5) is 15.5. The van der Waals surface area contributed by atoms with Gasteiger partial charge in [0.2, 0.25) is 0 Å². The van der Waals surface area contributed by atoms with Crippen molar-refractivity contribution < 1.29 is 4.74 Å². The first-order chi connectivity index (χ1) is 12.7. The third-order valence-electron chi connectivity index (χ3n) is 4.98. The van der Waals surface area contributed by atoms with Crippen molar-refractivity contribution in [3.8, 4) is 0 Å². The summed E-state index contributed by atoms with van der Waals surface area (Å²) in [5.41, 5.74) is 2.77. The number of nitrogens with one attached hydrogen (secondary N) is 1. The molecule has 3 aromatic heterocycles. The maximum absolute atomic E-state index is 6.09. The second kappa shape index (κ2) is 7.00. The Kier molecular flexibility index (Phi) is 4.56. The molecule has 0 unspecified atom stereocenters. The summed E-state index contributed by atoms with van der Waals surface area (Å²) in [5, 5.41) is 7.73. The van der Waals surface area contributed by atoms with Crippen LogP contribution in [-0.4, -0.2) is 67.0 Å². The van der Waals surface area contributed by atoms with E-state index in [1.807, 2.05) is 22.5 Å². The fourth-order valence-corrected chi connectivity index (χ4v) is 3.56. The van der Waals surface area contributed by atoms with Crippen LogP contribution in [-0.2, 0) is 18.3 Å². The van der Waals surface area contributed by atoms with Gasteiger partial charge < -0.3 is 14.6 Å². The SMILES string of the molecule is CCn1cnc2c(NC[C@@H]3OCCN(C)[C@H]3c3ccnn3C)ncnc21. The third kappa shape index (κ3) is 2.93. The number of nitrogens with zero attached hydrogens (tertiary/aromatic N) is 7. The molecule has 0 radical (unpaired) electrons. The Balaban J connectivity index is 1.56. The largest absolute Gasteiger partial charge is 0.373 e. The Bertz CT molecular complexity index is 888. The van der Waals surface area contributed by atoms with E-state index in [1.165, 1.54) is 0 Å². The molecule has 4 rings (SSSR count). The van der Waals surface area contributed by atoms with Gasteiger partial charge in [-0.2, -0.15) is 5.10 Å². The number of likely N-dealkylation sites (N-methyl/N-ethyl adjacent to an activating group) is 1. The van der Waals surface area contributed by atoms with Crippen LogP contribution < -0.4 is 5.32 Å². The molecule has 1 saturated heterocycles. The van der Waals surface area contributed by atoms with Gasteiger partial charge in [-0.15, -0.1) is 0 Å². The maximum Gasteiger partial charge on any atom is 0.165 e. The highest BCUT2D eigenvalue weighted by molar-refractivity contribution is 5.82. The fraction of sp³-hybridized carbons (Fsp3) is 0.529. The minimum absolute atomic E-state index is 0.0116. The molecule has 0 amide bonds. The van der Waals surface area contributed by atoms with Crippen LogP contribution in [0.15, 0.2) is 24.9 Å². The molecule has 2 atom stereocenters. The standard InChI is InChI=1S/C17H24N8O/c1-4-25-11-21-14-16(19-10-20-17(14)25)18-9-13-15(23(2)7-8-26-13)12-5-6-22-24(12)3/h5-6,10-11,13,15H,4,7-9H2,1-3H3,(H,18,19,20)/t13-,15-/m0/s1. The van der Waals surface area contributed by atoms with E-state index in [9.17, 15) is 0 Å². The van der Waals surface area contributed by atoms with Gasteiger partial charge in [-0.25, -0.2) is 15.0 Å². The number of morpholine rings is 1. The summed E-state index contributed by atoms with van der Waals surface area (Å²) < 4.78 is 10.0. The van der Waals surface area contributed by atoms with E-state index in [1.54, 1.807) is 12.7 Å². The van der Waals surface area contributed by atoms with Crippen molar-refractivity contribution in [3.05, 3.63) is 30.6 Å². The minimum atomic E-state index is -0.0116. The highest BCUT2D eigenvalue weighted by atomic mass is 16.5. The Morgan fingerprint density at radius 3 is 2.92 bits per heavy atom. The van der Waals surface area contributed by atoms with Crippen LogP contribution in [0.3, 0.4) is 0 Å². The summed E-state index contributed by atoms with van der Waals surface area (Å²) >= 11 is 0. The van der Waals surface area contributed by atoms with E-state index in [4.69, 9.17) is 4.74 Å². The lowest BCUT2D eigenvalue weighted by Gasteiger charge is -2.39. The second-order valence-electron chi connectivity index (χ2n) is 6.52. The smallest absolute Gasteiger partial charge is 0.165 e. The molecule has 0 aromatic carbocycles. The van der Waals surface area contributed by atoms with E-state index in [0.29, 0.717) is 13.2 Å². The summed E-state index contributed by atoms with van der Waals surface area (Å²) in [6.45, 7) is 5.13. The number of aromatic nitrogens is 6. The summed E-state index contributed by atoms with van der Waals surface area (Å²) in [6.07, 6.45) is 5.19. The van der Waals surface area contributed by atoms with Crippen LogP contribution in [0.4, 0.5) is 5.82 Å². The quantitative estimate of drug-likeness (QED) is 0.732. The monoisotopic (exact) mass is 356 g/mol. The first-order valence-electron chi connectivity index (χ1n) is 8.88. The molecule has 1 fully saturated rings. The molecule has 9 nitrogen and oxygen atoms in total. The van der Waals surface area contributed by atoms with Gasteiger partial charge in [0.15, 0.2) is 11.5 Å². The molecule has 0 bridgehead atoms. The summed E-state index contributed by atoms with van der Waals surface area (Å²) in [7, 11) is 4.09. The van der Waals surface area contributed by atoms with Crippen molar-refractivity contribution in [2.24, 2.45) is 7.05 Å². The third-order valence-corrected chi connectivity index (χ3v) is 4.98. The molecular weight excluding hydrogens is 332 g/mol. The number of fused-ring (bicyclic) bond motifs is 1. The van der Waals surface area contributed by atoms with Gasteiger partial charge >= 0.3 is 0 Å². The number of hydrogen-bond acceptors (Lipinski definition) is 7. The first kappa shape index (κ1) is 16.9. The lowest BCUT2D eigenvalue weighted by molar-refractivity contribution is -0.0581. The average Bonchev–Trinajstić information content (AvgIpc) is 3.26. The predicted molar refractivity (Wildman–Crippen MR) is 97.8 cm³/mol. The lowest BCUT2D eigenvalue weighted by Crippen LogP contribution is -2.46. The molecule has 0 spiro atoms. The van der Waals surface area contributed by atoms with Gasteiger partial charge in [0.25, 0.3) is 0 Å². The number of imidazole rings is 1. The van der Waals surface area contributed by atoms with Crippen LogP contribution in [0.25, 0.3) is 11.2 Å². The highest BCUT2D eigenvalue weighted by Crippen LogP contribution is 2.28. The molecule has 0 aliphatic carbocycles. The fourth-order valence-electron chi connectivity index (χ4n) is 3.56. The van der Waals surface area contributed by atoms with Crippen molar-refractivity contribution in [2.45, 2.75) is 25.6 Å². The number of ether oxygens (including phenoxy) is 1. The van der Waals surface area contributed by atoms with Crippen LogP contribution in [0.5, 0.6) is 0 Å². The predicted octanol–water partition coefficient (Wildman–Crippen LogP) is 1.06.